The van der Waals surface area contributed by atoms with Gasteiger partial charge < -0.3 is 0 Å². The summed E-state index contributed by atoms with van der Waals surface area (Å²) in [5.74, 6) is 0. The lowest BCUT2D eigenvalue weighted by molar-refractivity contribution is 0.298. The van der Waals surface area contributed by atoms with Gasteiger partial charge in [-0.15, -0.1) is 11.3 Å². The summed E-state index contributed by atoms with van der Waals surface area (Å²) in [5.41, 5.74) is 0. The van der Waals surface area contributed by atoms with Crippen molar-refractivity contribution in [3.05, 3.63) is 17.0 Å². The van der Waals surface area contributed by atoms with E-state index in [1.54, 1.807) is 6.07 Å². The minimum Gasteiger partial charge on any atom is -0.299 e. The number of sulfonamides is 1. The Labute approximate surface area is 94.8 Å². The molecule has 4 nitrogen and oxygen atoms in total. The second-order valence-electron chi connectivity index (χ2n) is 3.23. The molecule has 0 bridgehead atoms. The molecule has 0 atom stereocenters. The highest BCUT2D eigenvalue weighted by molar-refractivity contribution is 7.91. The van der Waals surface area contributed by atoms with Crippen LogP contribution in [0, 0.1) is 0 Å². The van der Waals surface area contributed by atoms with E-state index >= 15 is 0 Å². The van der Waals surface area contributed by atoms with E-state index in [1.807, 2.05) is 6.07 Å². The summed E-state index contributed by atoms with van der Waals surface area (Å²) < 4.78 is 22.3. The van der Waals surface area contributed by atoms with Gasteiger partial charge in [0.05, 0.1) is 0 Å². The zero-order chi connectivity index (χ0) is 11.5. The normalized spacial score (nSPS) is 12.3. The van der Waals surface area contributed by atoms with Gasteiger partial charge in [0.2, 0.25) is 10.0 Å². The first-order valence-electron chi connectivity index (χ1n) is 4.81. The van der Waals surface area contributed by atoms with Crippen LogP contribution in [0.4, 0.5) is 0 Å². The zero-order valence-corrected chi connectivity index (χ0v) is 10.6. The SMILES string of the molecule is CCN(CC)Cc1ccc(S(N)(=O)=O)s1. The third kappa shape index (κ3) is 3.57. The fraction of sp³-hybridized carbons (Fsp3) is 0.556. The molecular weight excluding hydrogens is 232 g/mol. The molecule has 0 fully saturated rings. The van der Waals surface area contributed by atoms with Crippen molar-refractivity contribution in [1.29, 1.82) is 0 Å². The van der Waals surface area contributed by atoms with Gasteiger partial charge in [-0.05, 0) is 25.2 Å². The molecule has 0 aromatic carbocycles. The largest absolute Gasteiger partial charge is 0.299 e. The summed E-state index contributed by atoms with van der Waals surface area (Å²) >= 11 is 1.24. The molecule has 0 aliphatic carbocycles. The Morgan fingerprint density at radius 1 is 1.33 bits per heavy atom. The Morgan fingerprint density at radius 3 is 2.33 bits per heavy atom. The van der Waals surface area contributed by atoms with Gasteiger partial charge in [-0.2, -0.15) is 0 Å². The highest BCUT2D eigenvalue weighted by atomic mass is 32.2. The highest BCUT2D eigenvalue weighted by Crippen LogP contribution is 2.21. The molecule has 0 spiro atoms. The summed E-state index contributed by atoms with van der Waals surface area (Å²) in [6.45, 7) is 6.86. The number of thiophene rings is 1. The Morgan fingerprint density at radius 2 is 1.93 bits per heavy atom. The molecule has 1 aromatic heterocycles. The van der Waals surface area contributed by atoms with Crippen molar-refractivity contribution >= 4 is 21.4 Å². The molecule has 0 unspecified atom stereocenters. The van der Waals surface area contributed by atoms with E-state index in [-0.39, 0.29) is 4.21 Å². The monoisotopic (exact) mass is 248 g/mol. The van der Waals surface area contributed by atoms with Crippen LogP contribution in [-0.2, 0) is 16.6 Å². The van der Waals surface area contributed by atoms with Gasteiger partial charge in [0.1, 0.15) is 4.21 Å². The maximum absolute atomic E-state index is 11.0. The molecule has 0 saturated heterocycles. The third-order valence-electron chi connectivity index (χ3n) is 2.19. The average Bonchev–Trinajstić information content (AvgIpc) is 2.61. The van der Waals surface area contributed by atoms with E-state index in [9.17, 15) is 8.42 Å². The van der Waals surface area contributed by atoms with E-state index in [2.05, 4.69) is 18.7 Å². The Kier molecular flexibility index (Phi) is 4.27. The van der Waals surface area contributed by atoms with Gasteiger partial charge >= 0.3 is 0 Å². The van der Waals surface area contributed by atoms with Gasteiger partial charge in [-0.3, -0.25) is 4.90 Å². The first-order chi connectivity index (χ1) is 6.97. The molecule has 0 saturated carbocycles. The Balaban J connectivity index is 2.77. The maximum Gasteiger partial charge on any atom is 0.247 e. The van der Waals surface area contributed by atoms with Crippen molar-refractivity contribution in [3.63, 3.8) is 0 Å². The van der Waals surface area contributed by atoms with E-state index < -0.39 is 10.0 Å². The lowest BCUT2D eigenvalue weighted by atomic mass is 10.4. The second kappa shape index (κ2) is 5.07. The number of primary sulfonamides is 1. The molecule has 0 radical (unpaired) electrons. The summed E-state index contributed by atoms with van der Waals surface area (Å²) in [7, 11) is -3.53. The first kappa shape index (κ1) is 12.6. The molecule has 1 aromatic rings. The Bertz CT molecular complexity index is 408. The van der Waals surface area contributed by atoms with Gasteiger partial charge in [0.25, 0.3) is 0 Å². The van der Waals surface area contributed by atoms with Crippen LogP contribution in [0.3, 0.4) is 0 Å². The number of nitrogens with two attached hydrogens (primary N) is 1. The lowest BCUT2D eigenvalue weighted by Gasteiger charge is -2.16. The number of nitrogens with zero attached hydrogens (tertiary/aromatic N) is 1. The third-order valence-corrected chi connectivity index (χ3v) is 4.70. The van der Waals surface area contributed by atoms with Crippen LogP contribution in [0.1, 0.15) is 18.7 Å². The van der Waals surface area contributed by atoms with Crippen LogP contribution in [0.5, 0.6) is 0 Å². The van der Waals surface area contributed by atoms with Crippen molar-refractivity contribution in [2.24, 2.45) is 5.14 Å². The van der Waals surface area contributed by atoms with E-state index in [4.69, 9.17) is 5.14 Å². The minimum absolute atomic E-state index is 0.240. The molecular formula is C9H16N2O2S2. The van der Waals surface area contributed by atoms with Crippen molar-refractivity contribution in [2.75, 3.05) is 13.1 Å². The summed E-state index contributed by atoms with van der Waals surface area (Å²) in [6, 6.07) is 3.39. The Hall–Kier alpha value is -0.430. The molecule has 15 heavy (non-hydrogen) atoms. The second-order valence-corrected chi connectivity index (χ2v) is 6.18. The van der Waals surface area contributed by atoms with E-state index in [1.165, 1.54) is 11.3 Å². The van der Waals surface area contributed by atoms with Crippen molar-refractivity contribution in [2.45, 2.75) is 24.6 Å². The zero-order valence-electron chi connectivity index (χ0n) is 8.93. The molecule has 1 heterocycles. The highest BCUT2D eigenvalue weighted by Gasteiger charge is 2.12. The fourth-order valence-corrected chi connectivity index (χ4v) is 3.08. The molecule has 2 N–H and O–H groups in total. The molecule has 0 aliphatic rings. The number of hydrogen-bond acceptors (Lipinski definition) is 4. The quantitative estimate of drug-likeness (QED) is 0.852. The number of rotatable bonds is 5. The fourth-order valence-electron chi connectivity index (χ4n) is 1.26. The smallest absolute Gasteiger partial charge is 0.247 e. The van der Waals surface area contributed by atoms with Crippen LogP contribution < -0.4 is 5.14 Å². The molecule has 6 heteroatoms. The van der Waals surface area contributed by atoms with E-state index in [0.717, 1.165) is 24.5 Å². The van der Waals surface area contributed by atoms with Gasteiger partial charge in [-0.1, -0.05) is 13.8 Å². The topological polar surface area (TPSA) is 63.4 Å². The summed E-state index contributed by atoms with van der Waals surface area (Å²) in [6.07, 6.45) is 0. The van der Waals surface area contributed by atoms with Crippen LogP contribution in [0.2, 0.25) is 0 Å². The van der Waals surface area contributed by atoms with Crippen LogP contribution >= 0.6 is 11.3 Å². The average molecular weight is 248 g/mol. The lowest BCUT2D eigenvalue weighted by Crippen LogP contribution is -2.21. The summed E-state index contributed by atoms with van der Waals surface area (Å²) in [4.78, 5) is 3.25. The van der Waals surface area contributed by atoms with Crippen LogP contribution in [0.25, 0.3) is 0 Å². The van der Waals surface area contributed by atoms with Gasteiger partial charge in [-0.25, -0.2) is 13.6 Å². The molecule has 0 amide bonds. The van der Waals surface area contributed by atoms with Crippen LogP contribution in [0.15, 0.2) is 16.3 Å². The molecule has 1 rings (SSSR count). The van der Waals surface area contributed by atoms with Crippen molar-refractivity contribution < 1.29 is 8.42 Å². The number of hydrogen-bond donors (Lipinski definition) is 1. The summed E-state index contributed by atoms with van der Waals surface area (Å²) in [5, 5.41) is 5.03. The minimum atomic E-state index is -3.53. The van der Waals surface area contributed by atoms with E-state index in [0.29, 0.717) is 0 Å². The van der Waals surface area contributed by atoms with Crippen LogP contribution in [-0.4, -0.2) is 26.4 Å². The van der Waals surface area contributed by atoms with Gasteiger partial charge in [0, 0.05) is 11.4 Å². The predicted molar refractivity (Wildman–Crippen MR) is 62.3 cm³/mol. The van der Waals surface area contributed by atoms with Crippen molar-refractivity contribution in [3.8, 4) is 0 Å². The standard InChI is InChI=1S/C9H16N2O2S2/c1-3-11(4-2)7-8-5-6-9(14-8)15(10,12)13/h5-6H,3-4,7H2,1-2H3,(H2,10,12,13). The maximum atomic E-state index is 11.0. The first-order valence-corrected chi connectivity index (χ1v) is 7.17. The van der Waals surface area contributed by atoms with Crippen molar-refractivity contribution in [1.82, 2.24) is 4.90 Å². The molecule has 0 aliphatic heterocycles. The van der Waals surface area contributed by atoms with Gasteiger partial charge in [0.15, 0.2) is 0 Å². The predicted octanol–water partition coefficient (Wildman–Crippen LogP) is 1.24. The molecule has 86 valence electrons.